The lowest BCUT2D eigenvalue weighted by atomic mass is 10.1. The number of anilines is 1. The summed E-state index contributed by atoms with van der Waals surface area (Å²) in [6.45, 7) is 4.15. The Morgan fingerprint density at radius 1 is 1.47 bits per heavy atom. The average Bonchev–Trinajstić information content (AvgIpc) is 2.77. The van der Waals surface area contributed by atoms with E-state index in [1.54, 1.807) is 6.92 Å². The molecule has 1 unspecified atom stereocenters. The van der Waals surface area contributed by atoms with Gasteiger partial charge in [-0.3, -0.25) is 0 Å². The number of nitrogens with two attached hydrogens (primary N) is 1. The van der Waals surface area contributed by atoms with Crippen LogP contribution < -0.4 is 5.73 Å². The molecule has 1 atom stereocenters. The number of hydrogen-bond acceptors (Lipinski definition) is 4. The van der Waals surface area contributed by atoms with Gasteiger partial charge in [-0.15, -0.1) is 0 Å². The molecule has 2 aromatic heterocycles. The molecule has 0 saturated heterocycles. The predicted molar refractivity (Wildman–Crippen MR) is 66.1 cm³/mol. The second kappa shape index (κ2) is 5.31. The lowest BCUT2D eigenvalue weighted by Crippen LogP contribution is -2.09. The molecule has 7 heteroatoms. The highest BCUT2D eigenvalue weighted by molar-refractivity contribution is 5.63. The van der Waals surface area contributed by atoms with Crippen LogP contribution in [0.4, 0.5) is 14.6 Å². The van der Waals surface area contributed by atoms with Gasteiger partial charge < -0.3 is 10.5 Å². The van der Waals surface area contributed by atoms with Gasteiger partial charge in [0.1, 0.15) is 17.9 Å². The minimum absolute atomic E-state index is 0.200. The monoisotopic (exact) mass is 268 g/mol. The highest BCUT2D eigenvalue weighted by Gasteiger charge is 2.17. The van der Waals surface area contributed by atoms with E-state index >= 15 is 0 Å². The average molecular weight is 268 g/mol. The molecule has 0 aliphatic heterocycles. The summed E-state index contributed by atoms with van der Waals surface area (Å²) >= 11 is 0. The van der Waals surface area contributed by atoms with Gasteiger partial charge in [-0.05, 0) is 13.8 Å². The summed E-state index contributed by atoms with van der Waals surface area (Å²) < 4.78 is 34.2. The molecule has 2 heterocycles. The van der Waals surface area contributed by atoms with Crippen molar-refractivity contribution in [1.29, 1.82) is 0 Å². The van der Waals surface area contributed by atoms with E-state index in [1.165, 1.54) is 17.1 Å². The number of ether oxygens (including phenoxy) is 1. The molecule has 0 saturated carbocycles. The smallest absolute Gasteiger partial charge is 0.225 e. The third-order valence-corrected chi connectivity index (χ3v) is 2.62. The minimum Gasteiger partial charge on any atom is -0.384 e. The number of nitrogens with zero attached hydrogens (tertiary/aromatic N) is 3. The molecule has 5 nitrogen and oxygen atoms in total. The SMILES string of the molecule is CCOC(C)n1cc(-c2c(F)cc(N)nc2F)cn1. The van der Waals surface area contributed by atoms with Gasteiger partial charge in [0.15, 0.2) is 0 Å². The molecule has 2 rings (SSSR count). The summed E-state index contributed by atoms with van der Waals surface area (Å²) in [5.41, 5.74) is 5.31. The van der Waals surface area contributed by atoms with Crippen LogP contribution in [0.2, 0.25) is 0 Å². The summed E-state index contributed by atoms with van der Waals surface area (Å²) in [5.74, 6) is -1.93. The van der Waals surface area contributed by atoms with E-state index in [-0.39, 0.29) is 23.2 Å². The quantitative estimate of drug-likeness (QED) is 0.864. The topological polar surface area (TPSA) is 66.0 Å². The van der Waals surface area contributed by atoms with Crippen LogP contribution in [0.25, 0.3) is 11.1 Å². The Kier molecular flexibility index (Phi) is 3.75. The number of rotatable bonds is 4. The van der Waals surface area contributed by atoms with Crippen LogP contribution in [0.5, 0.6) is 0 Å². The molecule has 0 aromatic carbocycles. The van der Waals surface area contributed by atoms with Gasteiger partial charge >= 0.3 is 0 Å². The van der Waals surface area contributed by atoms with Crippen LogP contribution in [0.15, 0.2) is 18.5 Å². The molecule has 2 aromatic rings. The lowest BCUT2D eigenvalue weighted by molar-refractivity contribution is 0.0160. The van der Waals surface area contributed by atoms with E-state index in [1.807, 2.05) is 6.92 Å². The predicted octanol–water partition coefficient (Wildman–Crippen LogP) is 2.36. The Balaban J connectivity index is 2.38. The maximum Gasteiger partial charge on any atom is 0.225 e. The number of hydrogen-bond donors (Lipinski definition) is 1. The standard InChI is InChI=1S/C12H14F2N4O/c1-3-19-7(2)18-6-8(5-16-18)11-9(13)4-10(15)17-12(11)14/h4-7H,3H2,1-2H3,(H2,15,17). The first-order chi connectivity index (χ1) is 9.02. The molecule has 0 radical (unpaired) electrons. The zero-order valence-electron chi connectivity index (χ0n) is 10.6. The molecule has 0 spiro atoms. The molecule has 0 aliphatic rings. The fraction of sp³-hybridized carbons (Fsp3) is 0.333. The van der Waals surface area contributed by atoms with Crippen molar-refractivity contribution in [2.45, 2.75) is 20.1 Å². The molecule has 2 N–H and O–H groups in total. The van der Waals surface area contributed by atoms with Crippen LogP contribution in [-0.2, 0) is 4.74 Å². The number of pyridine rings is 1. The van der Waals surface area contributed by atoms with Crippen molar-refractivity contribution < 1.29 is 13.5 Å². The second-order valence-electron chi connectivity index (χ2n) is 3.96. The van der Waals surface area contributed by atoms with Gasteiger partial charge in [-0.2, -0.15) is 9.49 Å². The van der Waals surface area contributed by atoms with Crippen molar-refractivity contribution in [3.8, 4) is 11.1 Å². The van der Waals surface area contributed by atoms with Crippen LogP contribution in [0.1, 0.15) is 20.1 Å². The van der Waals surface area contributed by atoms with Gasteiger partial charge in [-0.1, -0.05) is 0 Å². The van der Waals surface area contributed by atoms with E-state index < -0.39 is 11.8 Å². The molecule has 0 fully saturated rings. The summed E-state index contributed by atoms with van der Waals surface area (Å²) in [6, 6.07) is 0.974. The number of aromatic nitrogens is 3. The Bertz CT molecular complexity index is 562. The van der Waals surface area contributed by atoms with Gasteiger partial charge in [-0.25, -0.2) is 14.1 Å². The Labute approximate surface area is 109 Å². The van der Waals surface area contributed by atoms with E-state index in [0.29, 0.717) is 6.61 Å². The molecular weight excluding hydrogens is 254 g/mol. The third kappa shape index (κ3) is 2.70. The Morgan fingerprint density at radius 3 is 2.84 bits per heavy atom. The fourth-order valence-corrected chi connectivity index (χ4v) is 1.74. The molecular formula is C12H14F2N4O. The summed E-state index contributed by atoms with van der Waals surface area (Å²) in [6.07, 6.45) is 2.54. The maximum atomic E-state index is 13.7. The van der Waals surface area contributed by atoms with Crippen molar-refractivity contribution in [2.75, 3.05) is 12.3 Å². The highest BCUT2D eigenvalue weighted by Crippen LogP contribution is 2.26. The molecule has 0 bridgehead atoms. The fourth-order valence-electron chi connectivity index (χ4n) is 1.74. The van der Waals surface area contributed by atoms with E-state index in [2.05, 4.69) is 10.1 Å². The van der Waals surface area contributed by atoms with E-state index in [9.17, 15) is 8.78 Å². The second-order valence-corrected chi connectivity index (χ2v) is 3.96. The minimum atomic E-state index is -0.957. The summed E-state index contributed by atoms with van der Waals surface area (Å²) in [5, 5.41) is 4.02. The molecule has 0 amide bonds. The van der Waals surface area contributed by atoms with Crippen LogP contribution in [-0.4, -0.2) is 21.4 Å². The maximum absolute atomic E-state index is 13.7. The molecule has 19 heavy (non-hydrogen) atoms. The van der Waals surface area contributed by atoms with Crippen LogP contribution in [0, 0.1) is 11.8 Å². The van der Waals surface area contributed by atoms with Gasteiger partial charge in [0.05, 0.1) is 11.8 Å². The summed E-state index contributed by atoms with van der Waals surface area (Å²) in [4.78, 5) is 3.40. The third-order valence-electron chi connectivity index (χ3n) is 2.62. The molecule has 102 valence electrons. The van der Waals surface area contributed by atoms with Crippen molar-refractivity contribution in [1.82, 2.24) is 14.8 Å². The Hall–Kier alpha value is -2.02. The number of halogens is 2. The highest BCUT2D eigenvalue weighted by atomic mass is 19.1. The van der Waals surface area contributed by atoms with E-state index in [4.69, 9.17) is 10.5 Å². The van der Waals surface area contributed by atoms with Crippen molar-refractivity contribution in [2.24, 2.45) is 0 Å². The zero-order valence-corrected chi connectivity index (χ0v) is 10.6. The van der Waals surface area contributed by atoms with Gasteiger partial charge in [0, 0.05) is 24.4 Å². The lowest BCUT2D eigenvalue weighted by Gasteiger charge is -2.11. The van der Waals surface area contributed by atoms with Gasteiger partial charge in [0.2, 0.25) is 5.95 Å². The first-order valence-corrected chi connectivity index (χ1v) is 5.80. The van der Waals surface area contributed by atoms with Crippen LogP contribution in [0.3, 0.4) is 0 Å². The van der Waals surface area contributed by atoms with Gasteiger partial charge in [0.25, 0.3) is 0 Å². The summed E-state index contributed by atoms with van der Waals surface area (Å²) in [7, 11) is 0. The molecule has 0 aliphatic carbocycles. The number of nitrogen functional groups attached to an aromatic ring is 1. The normalized spacial score (nSPS) is 12.6. The van der Waals surface area contributed by atoms with Crippen LogP contribution >= 0.6 is 0 Å². The van der Waals surface area contributed by atoms with Crippen molar-refractivity contribution in [3.63, 3.8) is 0 Å². The zero-order chi connectivity index (χ0) is 14.0. The van der Waals surface area contributed by atoms with Crippen molar-refractivity contribution in [3.05, 3.63) is 30.2 Å². The van der Waals surface area contributed by atoms with Crippen molar-refractivity contribution >= 4 is 5.82 Å². The first kappa shape index (κ1) is 13.4. The largest absolute Gasteiger partial charge is 0.384 e. The Morgan fingerprint density at radius 2 is 2.21 bits per heavy atom. The van der Waals surface area contributed by atoms with E-state index in [0.717, 1.165) is 6.07 Å². The first-order valence-electron chi connectivity index (χ1n) is 5.80.